The molecule has 0 saturated carbocycles. The first-order chi connectivity index (χ1) is 12.5. The van der Waals surface area contributed by atoms with Crippen LogP contribution in [0.5, 0.6) is 0 Å². The van der Waals surface area contributed by atoms with Crippen molar-refractivity contribution >= 4 is 29.2 Å². The number of nitrogens with zero attached hydrogens (tertiary/aromatic N) is 3. The average molecular weight is 377 g/mol. The van der Waals surface area contributed by atoms with Crippen molar-refractivity contribution < 1.29 is 0 Å². The Morgan fingerprint density at radius 2 is 1.58 bits per heavy atom. The summed E-state index contributed by atoms with van der Waals surface area (Å²) in [6, 6.07) is 19.1. The van der Waals surface area contributed by atoms with Gasteiger partial charge in [-0.2, -0.15) is 10.5 Å². The van der Waals surface area contributed by atoms with Gasteiger partial charge >= 0.3 is 0 Å². The molecule has 0 bridgehead atoms. The minimum atomic E-state index is 0.103. The van der Waals surface area contributed by atoms with Crippen molar-refractivity contribution in [2.45, 2.75) is 16.8 Å². The quantitative estimate of drug-likeness (QED) is 0.679. The number of nitriles is 2. The summed E-state index contributed by atoms with van der Waals surface area (Å²) < 4.78 is 0. The Hall–Kier alpha value is -2.99. The van der Waals surface area contributed by atoms with E-state index in [1.54, 1.807) is 24.3 Å². The number of hydrogen-bond donors (Lipinski definition) is 1. The molecule has 3 aromatic rings. The van der Waals surface area contributed by atoms with Gasteiger partial charge in [0.05, 0.1) is 5.56 Å². The van der Waals surface area contributed by atoms with E-state index in [1.165, 1.54) is 11.8 Å². The third kappa shape index (κ3) is 3.50. The Kier molecular flexibility index (Phi) is 5.14. The average Bonchev–Trinajstić information content (AvgIpc) is 2.64. The maximum absolute atomic E-state index is 9.77. The van der Waals surface area contributed by atoms with Gasteiger partial charge in [-0.3, -0.25) is 0 Å². The fourth-order valence-corrected chi connectivity index (χ4v) is 3.51. The molecule has 0 spiro atoms. The predicted octanol–water partition coefficient (Wildman–Crippen LogP) is 5.19. The minimum absolute atomic E-state index is 0.103. The normalized spacial score (nSPS) is 10.2. The van der Waals surface area contributed by atoms with Gasteiger partial charge in [0.2, 0.25) is 0 Å². The molecule has 2 aromatic carbocycles. The highest BCUT2D eigenvalue weighted by Gasteiger charge is 2.20. The second-order valence-electron chi connectivity index (χ2n) is 5.57. The van der Waals surface area contributed by atoms with E-state index in [2.05, 4.69) is 17.1 Å². The summed E-state index contributed by atoms with van der Waals surface area (Å²) >= 11 is 7.30. The van der Waals surface area contributed by atoms with Crippen molar-refractivity contribution in [1.29, 1.82) is 10.5 Å². The largest absolute Gasteiger partial charge is 0.383 e. The Labute approximate surface area is 160 Å². The lowest BCUT2D eigenvalue weighted by atomic mass is 9.97. The van der Waals surface area contributed by atoms with Gasteiger partial charge in [-0.15, -0.1) is 0 Å². The van der Waals surface area contributed by atoms with E-state index in [0.29, 0.717) is 26.7 Å². The summed E-state index contributed by atoms with van der Waals surface area (Å²) in [5.41, 5.74) is 8.85. The molecule has 0 fully saturated rings. The molecule has 3 rings (SSSR count). The number of benzene rings is 2. The van der Waals surface area contributed by atoms with Crippen LogP contribution < -0.4 is 5.73 Å². The second kappa shape index (κ2) is 7.49. The van der Waals surface area contributed by atoms with Crippen molar-refractivity contribution in [3.05, 3.63) is 70.2 Å². The molecule has 26 heavy (non-hydrogen) atoms. The molecule has 0 aliphatic rings. The molecule has 6 heteroatoms. The van der Waals surface area contributed by atoms with Gasteiger partial charge in [-0.25, -0.2) is 4.98 Å². The predicted molar refractivity (Wildman–Crippen MR) is 104 cm³/mol. The van der Waals surface area contributed by atoms with Gasteiger partial charge in [-0.1, -0.05) is 53.2 Å². The highest BCUT2D eigenvalue weighted by Crippen LogP contribution is 2.38. The maximum Gasteiger partial charge on any atom is 0.143 e. The molecule has 2 N–H and O–H groups in total. The van der Waals surface area contributed by atoms with Crippen molar-refractivity contribution in [3.63, 3.8) is 0 Å². The number of halogens is 1. The maximum atomic E-state index is 9.77. The number of aryl methyl sites for hydroxylation is 1. The first-order valence-corrected chi connectivity index (χ1v) is 8.87. The minimum Gasteiger partial charge on any atom is -0.383 e. The SMILES string of the molecule is Cc1ccc(Sc2nc(N)c(C#N)c(-c3ccc(Cl)cc3)c2C#N)cc1. The van der Waals surface area contributed by atoms with E-state index in [-0.39, 0.29) is 11.4 Å². The third-order valence-electron chi connectivity index (χ3n) is 3.78. The molecule has 0 aliphatic heterocycles. The molecule has 0 unspecified atom stereocenters. The number of pyridine rings is 1. The van der Waals surface area contributed by atoms with Gasteiger partial charge < -0.3 is 5.73 Å². The van der Waals surface area contributed by atoms with E-state index in [0.717, 1.165) is 10.5 Å². The summed E-state index contributed by atoms with van der Waals surface area (Å²) in [7, 11) is 0. The third-order valence-corrected chi connectivity index (χ3v) is 5.03. The molecular weight excluding hydrogens is 364 g/mol. The van der Waals surface area contributed by atoms with E-state index in [4.69, 9.17) is 17.3 Å². The summed E-state index contributed by atoms with van der Waals surface area (Å²) in [5, 5.41) is 20.3. The highest BCUT2D eigenvalue weighted by molar-refractivity contribution is 7.99. The fraction of sp³-hybridized carbons (Fsp3) is 0.0500. The van der Waals surface area contributed by atoms with Crippen LogP contribution in [0.4, 0.5) is 5.82 Å². The Bertz CT molecular complexity index is 1050. The highest BCUT2D eigenvalue weighted by atomic mass is 35.5. The Morgan fingerprint density at radius 3 is 2.15 bits per heavy atom. The molecular formula is C20H13ClN4S. The molecule has 126 valence electrons. The van der Waals surface area contributed by atoms with Crippen LogP contribution in [0, 0.1) is 29.6 Å². The Balaban J connectivity index is 2.21. The zero-order valence-corrected chi connectivity index (χ0v) is 15.4. The smallest absolute Gasteiger partial charge is 0.143 e. The van der Waals surface area contributed by atoms with E-state index >= 15 is 0 Å². The molecule has 0 amide bonds. The van der Waals surface area contributed by atoms with Crippen LogP contribution in [0.15, 0.2) is 58.5 Å². The van der Waals surface area contributed by atoms with Crippen LogP contribution >= 0.6 is 23.4 Å². The molecule has 1 aromatic heterocycles. The first kappa shape index (κ1) is 17.8. The number of nitrogen functional groups attached to an aromatic ring is 1. The van der Waals surface area contributed by atoms with Gasteiger partial charge in [0.25, 0.3) is 0 Å². The van der Waals surface area contributed by atoms with E-state index in [9.17, 15) is 10.5 Å². The lowest BCUT2D eigenvalue weighted by Crippen LogP contribution is -2.03. The summed E-state index contributed by atoms with van der Waals surface area (Å²) in [5.74, 6) is 0.103. The molecule has 4 nitrogen and oxygen atoms in total. The molecule has 0 aliphatic carbocycles. The Morgan fingerprint density at radius 1 is 0.962 bits per heavy atom. The van der Waals surface area contributed by atoms with Crippen molar-refractivity contribution in [2.75, 3.05) is 5.73 Å². The van der Waals surface area contributed by atoms with Crippen molar-refractivity contribution in [3.8, 4) is 23.3 Å². The first-order valence-electron chi connectivity index (χ1n) is 7.67. The second-order valence-corrected chi connectivity index (χ2v) is 7.07. The number of rotatable bonds is 3. The van der Waals surface area contributed by atoms with Crippen LogP contribution in [0.2, 0.25) is 5.02 Å². The van der Waals surface area contributed by atoms with Crippen LogP contribution in [0.25, 0.3) is 11.1 Å². The van der Waals surface area contributed by atoms with E-state index in [1.807, 2.05) is 31.2 Å². The fourth-order valence-electron chi connectivity index (χ4n) is 2.50. The topological polar surface area (TPSA) is 86.5 Å². The zero-order chi connectivity index (χ0) is 18.7. The summed E-state index contributed by atoms with van der Waals surface area (Å²) in [4.78, 5) is 5.24. The van der Waals surface area contributed by atoms with Gasteiger partial charge in [0, 0.05) is 15.5 Å². The molecule has 1 heterocycles. The van der Waals surface area contributed by atoms with Crippen LogP contribution in [0.1, 0.15) is 16.7 Å². The summed E-state index contributed by atoms with van der Waals surface area (Å²) in [6.07, 6.45) is 0. The van der Waals surface area contributed by atoms with Crippen LogP contribution in [-0.2, 0) is 0 Å². The molecule has 0 atom stereocenters. The van der Waals surface area contributed by atoms with Gasteiger partial charge in [-0.05, 0) is 36.8 Å². The van der Waals surface area contributed by atoms with Gasteiger partial charge in [0.15, 0.2) is 0 Å². The van der Waals surface area contributed by atoms with Gasteiger partial charge in [0.1, 0.15) is 28.5 Å². The monoisotopic (exact) mass is 376 g/mol. The zero-order valence-electron chi connectivity index (χ0n) is 13.8. The number of hydrogen-bond acceptors (Lipinski definition) is 5. The number of nitrogens with two attached hydrogens (primary N) is 1. The van der Waals surface area contributed by atoms with Crippen molar-refractivity contribution in [2.24, 2.45) is 0 Å². The molecule has 0 saturated heterocycles. The van der Waals surface area contributed by atoms with E-state index < -0.39 is 0 Å². The lowest BCUT2D eigenvalue weighted by Gasteiger charge is -2.13. The summed E-state index contributed by atoms with van der Waals surface area (Å²) in [6.45, 7) is 2.01. The number of anilines is 1. The van der Waals surface area contributed by atoms with Crippen LogP contribution in [0.3, 0.4) is 0 Å². The van der Waals surface area contributed by atoms with Crippen molar-refractivity contribution in [1.82, 2.24) is 4.98 Å². The standard InChI is InChI=1S/C20H13ClN4S/c1-12-2-8-15(9-3-12)26-20-17(11-23)18(16(10-22)19(24)25-20)13-4-6-14(21)7-5-13/h2-9H,1H3,(H2,24,25). The lowest BCUT2D eigenvalue weighted by molar-refractivity contribution is 1.11. The van der Waals surface area contributed by atoms with Crippen LogP contribution in [-0.4, -0.2) is 4.98 Å². The molecule has 0 radical (unpaired) electrons. The number of aromatic nitrogens is 1.